The highest BCUT2D eigenvalue weighted by molar-refractivity contribution is 8.76. The van der Waals surface area contributed by atoms with Crippen molar-refractivity contribution in [2.75, 3.05) is 31.4 Å². The molecule has 9 aliphatic rings. The third kappa shape index (κ3) is 6.95. The van der Waals surface area contributed by atoms with Gasteiger partial charge in [-0.3, -0.25) is 14.9 Å². The van der Waals surface area contributed by atoms with Crippen LogP contribution in [-0.4, -0.2) is 116 Å². The third-order valence-corrected chi connectivity index (χ3v) is 19.0. The lowest BCUT2D eigenvalue weighted by molar-refractivity contribution is -0.351. The SMILES string of the molecule is O=C1C2CCCC3OC4OC(CO)C(O)C(O)(CC56CCCC5CCC5CNC(CC56)NCSSCC5(C(=O)C32)C(O)=CC(CC2CCCC(CO)C2)=CC15)C4O. The molecule has 3 heterocycles. The molecule has 0 radical (unpaired) electrons. The second-order valence-corrected chi connectivity index (χ2v) is 21.9. The van der Waals surface area contributed by atoms with Gasteiger partial charge in [0.15, 0.2) is 12.1 Å². The van der Waals surface area contributed by atoms with E-state index >= 15 is 4.79 Å². The summed E-state index contributed by atoms with van der Waals surface area (Å²) >= 11 is 0. The Labute approximate surface area is 344 Å². The number of rotatable bonds is 4. The van der Waals surface area contributed by atoms with Gasteiger partial charge in [0.2, 0.25) is 0 Å². The van der Waals surface area contributed by atoms with Crippen LogP contribution >= 0.6 is 21.6 Å². The highest BCUT2D eigenvalue weighted by atomic mass is 33.1. The molecular weight excluding hydrogens is 769 g/mol. The Hall–Kier alpha value is -1.04. The van der Waals surface area contributed by atoms with Crippen LogP contribution in [0.25, 0.3) is 0 Å². The van der Waals surface area contributed by atoms with Gasteiger partial charge in [0.05, 0.1) is 36.6 Å². The first-order chi connectivity index (χ1) is 27.5. The molecule has 3 saturated heterocycles. The maximum absolute atomic E-state index is 15.3. The fourth-order valence-electron chi connectivity index (χ4n) is 13.9. The van der Waals surface area contributed by atoms with E-state index in [-0.39, 0.29) is 59.5 Å². The minimum atomic E-state index is -2.06. The molecule has 0 aromatic rings. The topological polar surface area (TPSA) is 198 Å². The van der Waals surface area contributed by atoms with Gasteiger partial charge in [-0.05, 0) is 124 Å². The van der Waals surface area contributed by atoms with Crippen molar-refractivity contribution in [1.82, 2.24) is 10.6 Å². The number of carbonyl (C=O) groups excluding carboxylic acids is 2. The number of piperidine rings is 1. The van der Waals surface area contributed by atoms with E-state index in [1.54, 1.807) is 16.9 Å². The molecule has 0 amide bonds. The lowest BCUT2D eigenvalue weighted by Gasteiger charge is -2.59. The molecule has 57 heavy (non-hydrogen) atoms. The Balaban J connectivity index is 1.07. The zero-order valence-corrected chi connectivity index (χ0v) is 34.6. The summed E-state index contributed by atoms with van der Waals surface area (Å²) in [6.07, 6.45) is 9.07. The van der Waals surface area contributed by atoms with Crippen molar-refractivity contribution in [3.63, 3.8) is 0 Å². The fraction of sp³-hybridized carbons (Fsp3) is 0.860. The van der Waals surface area contributed by atoms with Crippen LogP contribution in [0.4, 0.5) is 0 Å². The molecule has 5 saturated carbocycles. The number of ether oxygens (including phenoxy) is 2. The van der Waals surface area contributed by atoms with E-state index in [1.165, 1.54) is 10.8 Å². The summed E-state index contributed by atoms with van der Waals surface area (Å²) < 4.78 is 12.8. The quantitative estimate of drug-likeness (QED) is 0.191. The van der Waals surface area contributed by atoms with E-state index in [2.05, 4.69) is 10.6 Å². The molecule has 8 fully saturated rings. The first kappa shape index (κ1) is 41.3. The maximum atomic E-state index is 15.3. The Morgan fingerprint density at radius 2 is 1.70 bits per heavy atom. The van der Waals surface area contributed by atoms with Gasteiger partial charge in [-0.15, -0.1) is 0 Å². The van der Waals surface area contributed by atoms with Gasteiger partial charge >= 0.3 is 0 Å². The van der Waals surface area contributed by atoms with Crippen LogP contribution in [0.5, 0.6) is 0 Å². The third-order valence-electron chi connectivity index (χ3n) is 16.7. The van der Waals surface area contributed by atoms with Crippen LogP contribution < -0.4 is 10.6 Å². The van der Waals surface area contributed by atoms with Crippen LogP contribution in [0, 0.1) is 58.2 Å². The number of allylic oxidation sites excluding steroid dienone is 4. The molecule has 9 rings (SSSR count). The molecule has 3 aliphatic heterocycles. The predicted molar refractivity (Wildman–Crippen MR) is 215 cm³/mol. The predicted octanol–water partition coefficient (Wildman–Crippen LogP) is 3.75. The van der Waals surface area contributed by atoms with Crippen LogP contribution in [0.2, 0.25) is 0 Å². The van der Waals surface area contributed by atoms with Crippen molar-refractivity contribution in [2.24, 2.45) is 58.2 Å². The average Bonchev–Trinajstić information content (AvgIpc) is 3.64. The smallest absolute Gasteiger partial charge is 0.187 e. The Kier molecular flexibility index (Phi) is 11.8. The van der Waals surface area contributed by atoms with Crippen molar-refractivity contribution in [3.05, 3.63) is 23.5 Å². The van der Waals surface area contributed by atoms with Gasteiger partial charge in [0, 0.05) is 18.3 Å². The average molecular weight is 833 g/mol. The van der Waals surface area contributed by atoms with E-state index in [4.69, 9.17) is 9.47 Å². The molecule has 2 spiro atoms. The lowest BCUT2D eigenvalue weighted by Crippen LogP contribution is -2.70. The Morgan fingerprint density at radius 3 is 2.53 bits per heavy atom. The summed E-state index contributed by atoms with van der Waals surface area (Å²) in [6, 6.07) is 0. The number of Topliss-reactive ketones (excluding diaryl/α,β-unsaturated/α-hetero) is 2. The molecule has 8 N–H and O–H groups in total. The Bertz CT molecular complexity index is 1600. The summed E-state index contributed by atoms with van der Waals surface area (Å²) in [7, 11) is 3.09. The van der Waals surface area contributed by atoms with Gasteiger partial charge in [-0.1, -0.05) is 53.3 Å². The molecule has 6 bridgehead atoms. The molecule has 318 valence electrons. The number of aliphatic hydroxyl groups excluding tert-OH is 5. The summed E-state index contributed by atoms with van der Waals surface area (Å²) in [5.41, 5.74) is -3.01. The second-order valence-electron chi connectivity index (χ2n) is 19.5. The molecule has 0 aromatic carbocycles. The fourth-order valence-corrected chi connectivity index (χ4v) is 16.3. The van der Waals surface area contributed by atoms with Crippen molar-refractivity contribution in [2.45, 2.75) is 139 Å². The highest BCUT2D eigenvalue weighted by Crippen LogP contribution is 2.63. The van der Waals surface area contributed by atoms with Crippen LogP contribution in [0.1, 0.15) is 96.3 Å². The maximum Gasteiger partial charge on any atom is 0.187 e. The molecule has 14 heteroatoms. The van der Waals surface area contributed by atoms with E-state index < -0.39 is 66.1 Å². The van der Waals surface area contributed by atoms with E-state index in [0.29, 0.717) is 49.3 Å². The number of nitrogens with one attached hydrogen (secondary N) is 2. The van der Waals surface area contributed by atoms with Crippen molar-refractivity contribution in [3.8, 4) is 0 Å². The summed E-state index contributed by atoms with van der Waals surface area (Å²) in [6.45, 7) is 0.387. The lowest BCUT2D eigenvalue weighted by atomic mass is 9.51. The van der Waals surface area contributed by atoms with Crippen molar-refractivity contribution >= 4 is 33.2 Å². The molecule has 17 atom stereocenters. The first-order valence-corrected chi connectivity index (χ1v) is 24.5. The van der Waals surface area contributed by atoms with Gasteiger partial charge in [0.1, 0.15) is 40.9 Å². The zero-order valence-electron chi connectivity index (χ0n) is 33.0. The zero-order chi connectivity index (χ0) is 39.7. The minimum absolute atomic E-state index is 0.00107. The molecule has 6 aliphatic carbocycles. The molecule has 0 aromatic heterocycles. The standard InChI is InChI=1S/C43H64N2O10S2/c46-18-24-5-1-4-23(12-24)13-25-14-30-36(49)28-7-2-8-31-35(28)38(51)42(30,33(48)15-25)21-56-57-22-45-34-16-29-26(17-44-34)9-10-27-6-3-11-41(27,29)20-43(53)37(50)32(19-47)55-40(54-31)39(43)52/h14-15,23-24,26-32,34-35,37,39-40,44-48,50,52-53H,1-13,16-22H2. The van der Waals surface area contributed by atoms with Crippen LogP contribution in [0.3, 0.4) is 0 Å². The van der Waals surface area contributed by atoms with Crippen LogP contribution in [0.15, 0.2) is 23.5 Å². The highest BCUT2D eigenvalue weighted by Gasteiger charge is 2.66. The van der Waals surface area contributed by atoms with Gasteiger partial charge < -0.3 is 45.4 Å². The molecular formula is C43H64N2O10S2. The summed E-state index contributed by atoms with van der Waals surface area (Å²) in [5.74, 6) is -0.473. The van der Waals surface area contributed by atoms with Crippen molar-refractivity contribution < 1.29 is 49.7 Å². The van der Waals surface area contributed by atoms with Gasteiger partial charge in [0.25, 0.3) is 0 Å². The summed E-state index contributed by atoms with van der Waals surface area (Å²) in [5, 5.41) is 76.7. The monoisotopic (exact) mass is 832 g/mol. The van der Waals surface area contributed by atoms with Crippen LogP contribution in [-0.2, 0) is 19.1 Å². The van der Waals surface area contributed by atoms with Crippen molar-refractivity contribution in [1.29, 1.82) is 0 Å². The first-order valence-electron chi connectivity index (χ1n) is 22.0. The number of carbonyl (C=O) groups is 2. The largest absolute Gasteiger partial charge is 0.511 e. The van der Waals surface area contributed by atoms with Gasteiger partial charge in [-0.2, -0.15) is 0 Å². The second kappa shape index (κ2) is 16.3. The number of ketones is 2. The normalized spacial score (nSPS) is 50.4. The van der Waals surface area contributed by atoms with E-state index in [1.807, 2.05) is 6.08 Å². The molecule has 12 nitrogen and oxygen atoms in total. The van der Waals surface area contributed by atoms with Gasteiger partial charge in [-0.25, -0.2) is 0 Å². The molecule has 17 unspecified atom stereocenters. The number of fused-ring (bicyclic) bond motifs is 3. The summed E-state index contributed by atoms with van der Waals surface area (Å²) in [4.78, 5) is 30.2. The van der Waals surface area contributed by atoms with E-state index in [0.717, 1.165) is 76.3 Å². The number of aliphatic hydroxyl groups is 6. The number of hydrogen-bond donors (Lipinski definition) is 8. The van der Waals surface area contributed by atoms with E-state index in [9.17, 15) is 35.4 Å². The minimum Gasteiger partial charge on any atom is -0.511 e. The Morgan fingerprint density at radius 1 is 0.877 bits per heavy atom. The number of hydrogen-bond acceptors (Lipinski definition) is 14.